The van der Waals surface area contributed by atoms with Crippen LogP contribution in [0.2, 0.25) is 0 Å². The van der Waals surface area contributed by atoms with Crippen molar-refractivity contribution in [1.29, 1.82) is 0 Å². The summed E-state index contributed by atoms with van der Waals surface area (Å²) < 4.78 is 0. The van der Waals surface area contributed by atoms with Gasteiger partial charge in [0.1, 0.15) is 0 Å². The van der Waals surface area contributed by atoms with Crippen LogP contribution in [0.5, 0.6) is 0 Å². The first kappa shape index (κ1) is 18.2. The number of hydrogen-bond acceptors (Lipinski definition) is 3. The Morgan fingerprint density at radius 1 is 1.10 bits per heavy atom. The van der Waals surface area contributed by atoms with Gasteiger partial charge < -0.3 is 14.8 Å². The van der Waals surface area contributed by atoms with Crippen LogP contribution in [-0.2, 0) is 11.3 Å². The zero-order valence-electron chi connectivity index (χ0n) is 17.0. The minimum absolute atomic E-state index is 0.182. The fourth-order valence-electron chi connectivity index (χ4n) is 5.14. The van der Waals surface area contributed by atoms with Crippen molar-refractivity contribution in [2.75, 3.05) is 24.5 Å². The number of piperidine rings is 2. The number of anilines is 1. The summed E-state index contributed by atoms with van der Waals surface area (Å²) in [4.78, 5) is 25.7. The van der Waals surface area contributed by atoms with E-state index in [0.29, 0.717) is 12.5 Å². The number of likely N-dealkylation sites (tertiary alicyclic amines) is 1. The Morgan fingerprint density at radius 3 is 2.76 bits per heavy atom. The van der Waals surface area contributed by atoms with Crippen LogP contribution in [0.15, 0.2) is 48.9 Å². The summed E-state index contributed by atoms with van der Waals surface area (Å²) in [5.74, 6) is 0.357. The summed E-state index contributed by atoms with van der Waals surface area (Å²) in [6.45, 7) is 5.51. The molecule has 1 spiro atoms. The number of pyridine rings is 1. The highest BCUT2D eigenvalue weighted by Crippen LogP contribution is 2.42. The molecule has 1 amide bonds. The molecule has 3 aromatic rings. The van der Waals surface area contributed by atoms with E-state index >= 15 is 0 Å². The first-order chi connectivity index (χ1) is 14.1. The molecule has 2 aliphatic rings. The molecule has 2 fully saturated rings. The van der Waals surface area contributed by atoms with Crippen LogP contribution >= 0.6 is 0 Å². The maximum absolute atomic E-state index is 13.5. The summed E-state index contributed by atoms with van der Waals surface area (Å²) in [7, 11) is 0. The lowest BCUT2D eigenvalue weighted by atomic mass is 9.71. The van der Waals surface area contributed by atoms with Gasteiger partial charge in [0, 0.05) is 49.5 Å². The molecule has 150 valence electrons. The molecule has 5 rings (SSSR count). The average Bonchev–Trinajstić information content (AvgIpc) is 3.15. The molecule has 0 bridgehead atoms. The van der Waals surface area contributed by atoms with E-state index in [-0.39, 0.29) is 5.41 Å². The third-order valence-electron chi connectivity index (χ3n) is 6.81. The highest BCUT2D eigenvalue weighted by molar-refractivity contribution is 5.86. The highest BCUT2D eigenvalue weighted by atomic mass is 16.2. The molecule has 5 nitrogen and oxygen atoms in total. The Labute approximate surface area is 171 Å². The number of carbonyl (C=O) groups is 1. The lowest BCUT2D eigenvalue weighted by Gasteiger charge is -2.47. The van der Waals surface area contributed by atoms with Gasteiger partial charge in [0.05, 0.1) is 17.3 Å². The van der Waals surface area contributed by atoms with Crippen LogP contribution in [0.1, 0.15) is 36.8 Å². The lowest BCUT2D eigenvalue weighted by molar-refractivity contribution is -0.148. The number of para-hydroxylation sites is 1. The van der Waals surface area contributed by atoms with Crippen LogP contribution in [-0.4, -0.2) is 40.4 Å². The summed E-state index contributed by atoms with van der Waals surface area (Å²) in [6.07, 6.45) is 9.89. The van der Waals surface area contributed by atoms with Crippen LogP contribution in [0.3, 0.4) is 0 Å². The van der Waals surface area contributed by atoms with Crippen LogP contribution in [0, 0.1) is 12.3 Å². The van der Waals surface area contributed by atoms with Crippen molar-refractivity contribution in [3.05, 3.63) is 60.0 Å². The van der Waals surface area contributed by atoms with Crippen molar-refractivity contribution in [1.82, 2.24) is 14.9 Å². The van der Waals surface area contributed by atoms with Gasteiger partial charge >= 0.3 is 0 Å². The Balaban J connectivity index is 1.31. The number of hydrogen-bond donors (Lipinski definition) is 1. The average molecular weight is 389 g/mol. The van der Waals surface area contributed by atoms with Gasteiger partial charge in [-0.3, -0.25) is 9.78 Å². The third kappa shape index (κ3) is 3.28. The predicted molar refractivity (Wildman–Crippen MR) is 116 cm³/mol. The van der Waals surface area contributed by atoms with Gasteiger partial charge in [-0.25, -0.2) is 0 Å². The van der Waals surface area contributed by atoms with Gasteiger partial charge in [-0.05, 0) is 55.9 Å². The normalized spacial score (nSPS) is 19.3. The van der Waals surface area contributed by atoms with E-state index in [9.17, 15) is 4.79 Å². The largest absolute Gasteiger partial charge is 0.370 e. The first-order valence-corrected chi connectivity index (χ1v) is 10.7. The van der Waals surface area contributed by atoms with Gasteiger partial charge in [0.15, 0.2) is 0 Å². The number of benzene rings is 1. The Bertz CT molecular complexity index is 1030. The molecule has 2 aliphatic heterocycles. The van der Waals surface area contributed by atoms with Gasteiger partial charge in [-0.1, -0.05) is 18.2 Å². The summed E-state index contributed by atoms with van der Waals surface area (Å²) in [6, 6.07) is 10.5. The smallest absolute Gasteiger partial charge is 0.229 e. The van der Waals surface area contributed by atoms with Crippen molar-refractivity contribution in [3.8, 4) is 0 Å². The van der Waals surface area contributed by atoms with E-state index in [0.717, 1.165) is 50.8 Å². The van der Waals surface area contributed by atoms with Crippen LogP contribution in [0.25, 0.3) is 10.9 Å². The van der Waals surface area contributed by atoms with E-state index < -0.39 is 0 Å². The van der Waals surface area contributed by atoms with E-state index in [1.54, 1.807) is 0 Å². The predicted octanol–water partition coefficient (Wildman–Crippen LogP) is 4.28. The molecule has 0 radical (unpaired) electrons. The minimum atomic E-state index is -0.182. The molecule has 1 N–H and O–H groups in total. The van der Waals surface area contributed by atoms with E-state index in [4.69, 9.17) is 0 Å². The van der Waals surface area contributed by atoms with E-state index in [1.165, 1.54) is 22.2 Å². The number of nitrogens with zero attached hydrogens (tertiary/aromatic N) is 3. The number of rotatable bonds is 3. The minimum Gasteiger partial charge on any atom is -0.370 e. The molecule has 4 heterocycles. The van der Waals surface area contributed by atoms with Gasteiger partial charge in [-0.2, -0.15) is 0 Å². The maximum Gasteiger partial charge on any atom is 0.229 e. The number of nitrogens with one attached hydrogen (secondary N) is 1. The fourth-order valence-corrected chi connectivity index (χ4v) is 5.14. The second kappa shape index (κ2) is 7.21. The second-order valence-corrected chi connectivity index (χ2v) is 8.68. The number of H-pyrrole nitrogens is 1. The van der Waals surface area contributed by atoms with E-state index in [1.807, 2.05) is 18.5 Å². The Morgan fingerprint density at radius 2 is 1.93 bits per heavy atom. The molecule has 0 unspecified atom stereocenters. The van der Waals surface area contributed by atoms with Crippen LogP contribution in [0.4, 0.5) is 5.69 Å². The summed E-state index contributed by atoms with van der Waals surface area (Å²) >= 11 is 0. The van der Waals surface area contributed by atoms with Gasteiger partial charge in [-0.15, -0.1) is 0 Å². The summed E-state index contributed by atoms with van der Waals surface area (Å²) in [5.41, 5.74) is 4.54. The number of aromatic amines is 1. The maximum atomic E-state index is 13.5. The van der Waals surface area contributed by atoms with Crippen molar-refractivity contribution in [2.45, 2.75) is 39.2 Å². The van der Waals surface area contributed by atoms with Gasteiger partial charge in [0.25, 0.3) is 0 Å². The zero-order valence-corrected chi connectivity index (χ0v) is 17.0. The quantitative estimate of drug-likeness (QED) is 0.729. The Kier molecular flexibility index (Phi) is 4.53. The number of aromatic nitrogens is 2. The monoisotopic (exact) mass is 388 g/mol. The highest BCUT2D eigenvalue weighted by Gasteiger charge is 2.45. The van der Waals surface area contributed by atoms with Crippen LogP contribution < -0.4 is 4.90 Å². The molecular weight excluding hydrogens is 360 g/mol. The number of fused-ring (bicyclic) bond motifs is 1. The van der Waals surface area contributed by atoms with Crippen molar-refractivity contribution >= 4 is 22.5 Å². The molecule has 2 aromatic heterocycles. The van der Waals surface area contributed by atoms with Crippen molar-refractivity contribution in [2.24, 2.45) is 5.41 Å². The number of aryl methyl sites for hydroxylation is 1. The molecule has 29 heavy (non-hydrogen) atoms. The first-order valence-electron chi connectivity index (χ1n) is 10.7. The lowest BCUT2D eigenvalue weighted by Crippen LogP contribution is -2.53. The number of carbonyl (C=O) groups excluding carboxylic acids is 1. The molecule has 5 heteroatoms. The molecular formula is C24H28N4O. The molecule has 1 aromatic carbocycles. The van der Waals surface area contributed by atoms with Gasteiger partial charge in [0.2, 0.25) is 5.91 Å². The second-order valence-electron chi connectivity index (χ2n) is 8.68. The Hall–Kier alpha value is -2.82. The standard InChI is InChI=1S/C24H28N4O/c1-18-13-20(16-25-14-18)27-11-8-24(9-12-27)7-4-10-28(23(24)29)17-19-15-26-22-6-3-2-5-21(19)22/h2-3,5-6,13-16,26H,4,7-12,17H2,1H3. The molecule has 0 aliphatic carbocycles. The SMILES string of the molecule is Cc1cncc(N2CCC3(CCCN(Cc4c[nH]c5ccccc45)C3=O)CC2)c1. The number of amides is 1. The van der Waals surface area contributed by atoms with E-state index in [2.05, 4.69) is 57.2 Å². The third-order valence-corrected chi connectivity index (χ3v) is 6.81. The summed E-state index contributed by atoms with van der Waals surface area (Å²) in [5, 5.41) is 1.22. The molecule has 0 atom stereocenters. The topological polar surface area (TPSA) is 52.2 Å². The molecule has 2 saturated heterocycles. The van der Waals surface area contributed by atoms with Crippen molar-refractivity contribution in [3.63, 3.8) is 0 Å². The zero-order chi connectivity index (χ0) is 19.8. The van der Waals surface area contributed by atoms with Crippen molar-refractivity contribution < 1.29 is 4.79 Å². The fraction of sp³-hybridized carbons (Fsp3) is 0.417. The molecule has 0 saturated carbocycles.